The van der Waals surface area contributed by atoms with E-state index in [-0.39, 0.29) is 46.6 Å². The summed E-state index contributed by atoms with van der Waals surface area (Å²) in [7, 11) is 7.88. The molecule has 57 heavy (non-hydrogen) atoms. The van der Waals surface area contributed by atoms with E-state index in [1.807, 2.05) is 116 Å². The molecule has 2 aromatic carbocycles. The summed E-state index contributed by atoms with van der Waals surface area (Å²) in [4.78, 5) is 50.2. The Morgan fingerprint density at radius 1 is 0.684 bits per heavy atom. The van der Waals surface area contributed by atoms with Crippen molar-refractivity contribution in [3.05, 3.63) is 122 Å². The molecule has 0 aliphatic rings. The van der Waals surface area contributed by atoms with Crippen LogP contribution in [-0.2, 0) is 0 Å². The van der Waals surface area contributed by atoms with Crippen LogP contribution >= 0.6 is 34.3 Å². The molecule has 10 nitrogen and oxygen atoms in total. The fourth-order valence-electron chi connectivity index (χ4n) is 5.99. The average Bonchev–Trinajstić information content (AvgIpc) is 3.72. The molecule has 0 aliphatic heterocycles. The molecule has 0 atom stereocenters. The molecule has 0 N–H and O–H groups in total. The zero-order chi connectivity index (χ0) is 39.7. The van der Waals surface area contributed by atoms with E-state index in [0.717, 1.165) is 65.5 Å². The molecular weight excluding hydrogens is 808 g/mol. The van der Waals surface area contributed by atoms with E-state index in [1.165, 1.54) is 22.7 Å². The first kappa shape index (κ1) is 45.6. The van der Waals surface area contributed by atoms with Crippen LogP contribution in [0.3, 0.4) is 0 Å². The van der Waals surface area contributed by atoms with Crippen LogP contribution in [0.5, 0.6) is 0 Å². The summed E-state index contributed by atoms with van der Waals surface area (Å²) in [5.74, 6) is 0.315. The fraction of sp³-hybridized carbons (Fsp3) is 0.262. The third kappa shape index (κ3) is 9.29. The molecule has 0 unspecified atom stereocenters. The molecule has 0 saturated heterocycles. The van der Waals surface area contributed by atoms with Crippen molar-refractivity contribution in [3.63, 3.8) is 0 Å². The summed E-state index contributed by atoms with van der Waals surface area (Å²) in [6.07, 6.45) is 5.20. The van der Waals surface area contributed by atoms with Crippen molar-refractivity contribution in [3.8, 4) is 11.4 Å². The zero-order valence-corrected chi connectivity index (χ0v) is 38.3. The Bertz CT molecular complexity index is 2780. The van der Waals surface area contributed by atoms with Crippen LogP contribution in [0, 0.1) is 20.3 Å². The molecule has 0 fully saturated rings. The van der Waals surface area contributed by atoms with Crippen molar-refractivity contribution < 1.29 is 12.4 Å². The minimum absolute atomic E-state index is 0. The Morgan fingerprint density at radius 3 is 1.46 bits per heavy atom. The van der Waals surface area contributed by atoms with Gasteiger partial charge < -0.3 is 28.6 Å². The molecular formula is C42H44Cl2MgN8O2S2. The summed E-state index contributed by atoms with van der Waals surface area (Å²) in [5, 5.41) is 2.22. The number of pyridine rings is 2. The van der Waals surface area contributed by atoms with Gasteiger partial charge in [0.2, 0.25) is 0 Å². The van der Waals surface area contributed by atoms with Gasteiger partial charge in [-0.3, -0.25) is 18.7 Å². The van der Waals surface area contributed by atoms with Crippen molar-refractivity contribution >= 4 is 110 Å². The monoisotopic (exact) mass is 850 g/mol. The van der Waals surface area contributed by atoms with Gasteiger partial charge in [-0.05, 0) is 56.2 Å². The molecule has 0 radical (unpaired) electrons. The smallest absolute Gasteiger partial charge is 1.00 e. The second-order valence-corrected chi connectivity index (χ2v) is 16.4. The van der Waals surface area contributed by atoms with E-state index in [4.69, 9.17) is 16.6 Å². The first-order chi connectivity index (χ1) is 26.2. The molecule has 0 spiro atoms. The Morgan fingerprint density at radius 2 is 1.07 bits per heavy atom. The molecule has 0 saturated carbocycles. The van der Waals surface area contributed by atoms with Crippen LogP contribution in [0.25, 0.3) is 52.2 Å². The maximum absolute atomic E-state index is 13.2. The van der Waals surface area contributed by atoms with Gasteiger partial charge in [-0.1, -0.05) is 60.8 Å². The molecule has 15 heteroatoms. The number of anilines is 2. The van der Waals surface area contributed by atoms with Crippen LogP contribution in [0.2, 0.25) is 5.15 Å². The number of rotatable bonds is 5. The van der Waals surface area contributed by atoms with Gasteiger partial charge in [0.15, 0.2) is 0 Å². The number of hydrogen-bond acceptors (Lipinski definition) is 10. The maximum Gasteiger partial charge on any atom is 2.00 e. The predicted octanol–water partition coefficient (Wildman–Crippen LogP) is 6.37. The zero-order valence-electron chi connectivity index (χ0n) is 33.8. The van der Waals surface area contributed by atoms with Gasteiger partial charge in [-0.25, -0.2) is 19.9 Å². The standard InChI is InChI=1S/C21H22N4OS.C18H15ClN4OS.C3H7.ClH.Mg/c1-12(2)15-10-16(24(4)5)17-18-19(27-20(17)23-15)21(26)25(11-22-18)14-8-6-13(3)7-9-14;1-10-4-6-11(7-5-10)23-9-20-15-14-12(22(2)3)8-13(19)21-17(14)25-16(15)18(23)24;1-3-2;;/h6-12H,1-5H3;4-9H,1-3H3;3H,1-2H3;1H;/q;;-1;;+2/p-1. The van der Waals surface area contributed by atoms with E-state index in [0.29, 0.717) is 26.0 Å². The molecule has 6 aromatic heterocycles. The van der Waals surface area contributed by atoms with Crippen molar-refractivity contribution in [1.82, 2.24) is 29.1 Å². The number of halogens is 2. The Labute approximate surface area is 367 Å². The topological polar surface area (TPSA) is 102 Å². The van der Waals surface area contributed by atoms with Crippen molar-refractivity contribution in [2.75, 3.05) is 38.0 Å². The van der Waals surface area contributed by atoms with Gasteiger partial charge in [0.1, 0.15) is 47.9 Å². The molecule has 8 aromatic rings. The van der Waals surface area contributed by atoms with Crippen LogP contribution in [-0.4, -0.2) is 80.3 Å². The second kappa shape index (κ2) is 19.1. The number of aryl methyl sites for hydroxylation is 2. The maximum atomic E-state index is 13.2. The first-order valence-electron chi connectivity index (χ1n) is 17.8. The Hall–Kier alpha value is -4.11. The minimum Gasteiger partial charge on any atom is -1.00 e. The van der Waals surface area contributed by atoms with E-state index < -0.39 is 0 Å². The predicted molar refractivity (Wildman–Crippen MR) is 240 cm³/mol. The molecule has 8 rings (SSSR count). The normalized spacial score (nSPS) is 10.8. The largest absolute Gasteiger partial charge is 2.00 e. The van der Waals surface area contributed by atoms with E-state index in [2.05, 4.69) is 39.8 Å². The number of benzene rings is 2. The first-order valence-corrected chi connectivity index (χ1v) is 19.8. The van der Waals surface area contributed by atoms with Crippen molar-refractivity contribution in [2.24, 2.45) is 0 Å². The van der Waals surface area contributed by atoms with E-state index in [9.17, 15) is 9.59 Å². The van der Waals surface area contributed by atoms with E-state index in [1.54, 1.807) is 27.9 Å². The second-order valence-electron chi connectivity index (χ2n) is 14.0. The average molecular weight is 852 g/mol. The van der Waals surface area contributed by atoms with Gasteiger partial charge in [-0.15, -0.1) is 22.7 Å². The van der Waals surface area contributed by atoms with Gasteiger partial charge in [0, 0.05) is 33.9 Å². The molecule has 292 valence electrons. The van der Waals surface area contributed by atoms with Crippen molar-refractivity contribution in [2.45, 2.75) is 47.5 Å². The van der Waals surface area contributed by atoms with Gasteiger partial charge >= 0.3 is 23.1 Å². The summed E-state index contributed by atoms with van der Waals surface area (Å²) in [6.45, 7) is 12.3. The molecule has 0 amide bonds. The summed E-state index contributed by atoms with van der Waals surface area (Å²) >= 11 is 8.90. The van der Waals surface area contributed by atoms with Crippen LogP contribution in [0.1, 0.15) is 50.4 Å². The van der Waals surface area contributed by atoms with Gasteiger partial charge in [-0.2, -0.15) is 13.8 Å². The summed E-state index contributed by atoms with van der Waals surface area (Å²) in [5.41, 5.74) is 8.14. The fourth-order valence-corrected chi connectivity index (χ4v) is 8.39. The SMILES string of the molecule is C[CH-]C.Cc1ccc(-n2cnc3c(sc4nc(C(C)C)cc(N(C)C)c43)c2=O)cc1.Cc1ccc(-n2cnc3c(sc4nc(Cl)cc(N(C)C)c43)c2=O)cc1.[Cl-].[Mg+2]. The van der Waals surface area contributed by atoms with Crippen molar-refractivity contribution in [1.29, 1.82) is 0 Å². The van der Waals surface area contributed by atoms with Gasteiger partial charge in [0.25, 0.3) is 11.1 Å². The molecule has 0 bridgehead atoms. The number of fused-ring (bicyclic) bond motifs is 6. The number of aromatic nitrogens is 6. The van der Waals surface area contributed by atoms with Gasteiger partial charge in [0.05, 0.1) is 33.5 Å². The molecule has 6 heterocycles. The number of thiophene rings is 2. The van der Waals surface area contributed by atoms with Crippen LogP contribution in [0.4, 0.5) is 11.4 Å². The van der Waals surface area contributed by atoms with E-state index >= 15 is 0 Å². The minimum atomic E-state index is -0.0994. The Balaban J connectivity index is 0.000000229. The quantitative estimate of drug-likeness (QED) is 0.112. The third-order valence-electron chi connectivity index (χ3n) is 8.83. The van der Waals surface area contributed by atoms with Crippen LogP contribution in [0.15, 0.2) is 82.9 Å². The third-order valence-corrected chi connectivity index (χ3v) is 11.1. The van der Waals surface area contributed by atoms with Crippen LogP contribution < -0.4 is 33.3 Å². The number of hydrogen-bond donors (Lipinski definition) is 0. The Kier molecular flexibility index (Phi) is 15.3. The summed E-state index contributed by atoms with van der Waals surface area (Å²) < 4.78 is 4.39. The molecule has 0 aliphatic carbocycles. The summed E-state index contributed by atoms with van der Waals surface area (Å²) in [6, 6.07) is 19.6. The number of nitrogens with zero attached hydrogens (tertiary/aromatic N) is 8.